The zero-order chi connectivity index (χ0) is 18.1. The Morgan fingerprint density at radius 1 is 1.33 bits per heavy atom. The molecule has 0 bridgehead atoms. The first-order valence-corrected chi connectivity index (χ1v) is 8.78. The minimum atomic E-state index is -4.73. The van der Waals surface area contributed by atoms with Crippen molar-refractivity contribution in [3.05, 3.63) is 23.8 Å². The summed E-state index contributed by atoms with van der Waals surface area (Å²) in [5, 5.41) is 4.90. The largest absolute Gasteiger partial charge is 0.418 e. The number of rotatable bonds is 5. The highest BCUT2D eigenvalue weighted by atomic mass is 32.2. The van der Waals surface area contributed by atoms with E-state index in [-0.39, 0.29) is 18.1 Å². The summed E-state index contributed by atoms with van der Waals surface area (Å²) in [7, 11) is -2.77. The van der Waals surface area contributed by atoms with E-state index in [1.165, 1.54) is 11.9 Å². The number of hydrogen-bond donors (Lipinski definition) is 1. The molecule has 1 amide bonds. The Bertz CT molecular complexity index is 735. The highest BCUT2D eigenvalue weighted by Gasteiger charge is 2.35. The summed E-state index contributed by atoms with van der Waals surface area (Å²) < 4.78 is 62.3. The van der Waals surface area contributed by atoms with Gasteiger partial charge in [-0.25, -0.2) is 13.6 Å². The first kappa shape index (κ1) is 18.5. The minimum Gasteiger partial charge on any atom is -0.372 e. The van der Waals surface area contributed by atoms with Crippen LogP contribution in [0.25, 0.3) is 0 Å². The smallest absolute Gasteiger partial charge is 0.372 e. The van der Waals surface area contributed by atoms with E-state index in [4.69, 9.17) is 5.14 Å². The number of benzene rings is 1. The lowest BCUT2D eigenvalue weighted by Crippen LogP contribution is -2.34. The Balaban J connectivity index is 2.26. The van der Waals surface area contributed by atoms with Gasteiger partial charge >= 0.3 is 6.18 Å². The molecule has 1 fully saturated rings. The van der Waals surface area contributed by atoms with Gasteiger partial charge in [-0.2, -0.15) is 13.2 Å². The third-order valence-electron chi connectivity index (χ3n) is 3.89. The van der Waals surface area contributed by atoms with Gasteiger partial charge in [-0.05, 0) is 24.6 Å². The van der Waals surface area contributed by atoms with Crippen LogP contribution in [0.3, 0.4) is 0 Å². The lowest BCUT2D eigenvalue weighted by atomic mass is 10.1. The maximum atomic E-state index is 13.3. The number of nitrogens with zero attached hydrogens (tertiary/aromatic N) is 2. The molecule has 1 heterocycles. The number of likely N-dealkylation sites (tertiary alicyclic amines) is 1. The van der Waals surface area contributed by atoms with E-state index < -0.39 is 26.7 Å². The number of hydrogen-bond acceptors (Lipinski definition) is 4. The van der Waals surface area contributed by atoms with Gasteiger partial charge in [0, 0.05) is 38.8 Å². The van der Waals surface area contributed by atoms with Gasteiger partial charge in [0.15, 0.2) is 0 Å². The number of sulfonamides is 1. The lowest BCUT2D eigenvalue weighted by molar-refractivity contribution is -0.137. The number of primary sulfonamides is 1. The average Bonchev–Trinajstić information content (AvgIpc) is 2.87. The Hall–Kier alpha value is -1.81. The van der Waals surface area contributed by atoms with Crippen molar-refractivity contribution in [3.8, 4) is 0 Å². The third-order valence-corrected chi connectivity index (χ3v) is 4.80. The second kappa shape index (κ2) is 6.60. The van der Waals surface area contributed by atoms with Crippen LogP contribution in [0.1, 0.15) is 18.4 Å². The summed E-state index contributed by atoms with van der Waals surface area (Å²) in [6.45, 7) is 1.11. The highest BCUT2D eigenvalue weighted by molar-refractivity contribution is 7.89. The van der Waals surface area contributed by atoms with Gasteiger partial charge in [0.05, 0.1) is 10.5 Å². The monoisotopic (exact) mass is 365 g/mol. The number of carbonyl (C=O) groups is 1. The number of carbonyl (C=O) groups excluding carboxylic acids is 1. The van der Waals surface area contributed by atoms with Crippen LogP contribution in [0, 0.1) is 0 Å². The fourth-order valence-corrected chi connectivity index (χ4v) is 3.12. The molecule has 1 saturated heterocycles. The molecule has 24 heavy (non-hydrogen) atoms. The molecule has 10 heteroatoms. The number of nitrogens with two attached hydrogens (primary N) is 1. The van der Waals surface area contributed by atoms with Crippen molar-refractivity contribution in [1.29, 1.82) is 0 Å². The van der Waals surface area contributed by atoms with Gasteiger partial charge in [-0.3, -0.25) is 4.79 Å². The number of anilines is 1. The molecule has 0 spiro atoms. The molecular weight excluding hydrogens is 347 g/mol. The third kappa shape index (κ3) is 4.18. The quantitative estimate of drug-likeness (QED) is 0.855. The minimum absolute atomic E-state index is 0.0102. The van der Waals surface area contributed by atoms with E-state index in [1.807, 2.05) is 0 Å². The number of amides is 1. The maximum Gasteiger partial charge on any atom is 0.418 e. The lowest BCUT2D eigenvalue weighted by Gasteiger charge is -2.26. The van der Waals surface area contributed by atoms with E-state index >= 15 is 0 Å². The molecule has 134 valence electrons. The molecule has 6 nitrogen and oxygen atoms in total. The zero-order valence-electron chi connectivity index (χ0n) is 13.0. The predicted octanol–water partition coefficient (Wildman–Crippen LogP) is 1.41. The topological polar surface area (TPSA) is 83.7 Å². The molecule has 1 aromatic carbocycles. The molecule has 2 rings (SSSR count). The second-order valence-electron chi connectivity index (χ2n) is 5.63. The maximum absolute atomic E-state index is 13.3. The Labute approximate surface area is 138 Å². The summed E-state index contributed by atoms with van der Waals surface area (Å²) >= 11 is 0. The Morgan fingerprint density at radius 3 is 2.50 bits per heavy atom. The van der Waals surface area contributed by atoms with Crippen LogP contribution < -0.4 is 10.0 Å². The van der Waals surface area contributed by atoms with Gasteiger partial charge in [-0.1, -0.05) is 0 Å². The van der Waals surface area contributed by atoms with Crippen molar-refractivity contribution >= 4 is 21.6 Å². The molecule has 0 aromatic heterocycles. The molecule has 0 atom stereocenters. The van der Waals surface area contributed by atoms with E-state index in [0.29, 0.717) is 25.6 Å². The second-order valence-corrected chi connectivity index (χ2v) is 7.19. The van der Waals surface area contributed by atoms with Gasteiger partial charge in [0.25, 0.3) is 0 Å². The van der Waals surface area contributed by atoms with Crippen molar-refractivity contribution < 1.29 is 26.4 Å². The van der Waals surface area contributed by atoms with Crippen LogP contribution in [0.4, 0.5) is 18.9 Å². The molecule has 0 saturated carbocycles. The Morgan fingerprint density at radius 2 is 2.00 bits per heavy atom. The summed E-state index contributed by atoms with van der Waals surface area (Å²) in [5.74, 6) is -0.0102. The van der Waals surface area contributed by atoms with E-state index in [0.717, 1.165) is 18.6 Å². The van der Waals surface area contributed by atoms with Crippen molar-refractivity contribution in [2.45, 2.75) is 23.9 Å². The first-order valence-electron chi connectivity index (χ1n) is 7.23. The first-order chi connectivity index (χ1) is 11.0. The molecule has 0 radical (unpaired) electrons. The van der Waals surface area contributed by atoms with Crippen LogP contribution in [0.15, 0.2) is 23.1 Å². The molecule has 1 aliphatic rings. The average molecular weight is 365 g/mol. The highest BCUT2D eigenvalue weighted by Crippen LogP contribution is 2.37. The number of alkyl halides is 3. The van der Waals surface area contributed by atoms with Gasteiger partial charge in [0.1, 0.15) is 0 Å². The summed E-state index contributed by atoms with van der Waals surface area (Å²) in [6, 6.07) is 2.65. The normalized spacial score (nSPS) is 15.9. The predicted molar refractivity (Wildman–Crippen MR) is 81.9 cm³/mol. The van der Waals surface area contributed by atoms with Crippen LogP contribution in [-0.4, -0.2) is 45.9 Å². The zero-order valence-corrected chi connectivity index (χ0v) is 13.8. The van der Waals surface area contributed by atoms with Crippen molar-refractivity contribution in [2.24, 2.45) is 5.14 Å². The number of halogens is 3. The fraction of sp³-hybridized carbons (Fsp3) is 0.500. The van der Waals surface area contributed by atoms with Crippen LogP contribution in [0.5, 0.6) is 0 Å². The van der Waals surface area contributed by atoms with Crippen LogP contribution in [-0.2, 0) is 21.0 Å². The summed E-state index contributed by atoms with van der Waals surface area (Å²) in [5.41, 5.74) is -1.24. The summed E-state index contributed by atoms with van der Waals surface area (Å²) in [4.78, 5) is 13.9. The van der Waals surface area contributed by atoms with E-state index in [1.54, 1.807) is 4.90 Å². The fourth-order valence-electron chi connectivity index (χ4n) is 2.58. The van der Waals surface area contributed by atoms with Gasteiger partial charge < -0.3 is 9.80 Å². The number of likely N-dealkylation sites (N-methyl/N-ethyl adjacent to an activating group) is 1. The van der Waals surface area contributed by atoms with Gasteiger partial charge in [0.2, 0.25) is 15.9 Å². The van der Waals surface area contributed by atoms with Crippen molar-refractivity contribution in [1.82, 2.24) is 4.90 Å². The standard InChI is InChI=1S/C14H18F3N3O3S/c1-19(7-8-20-6-2-3-13(20)21)12-5-4-10(24(18,22)23)9-11(12)14(15,16)17/h4-5,9H,2-3,6-8H2,1H3,(H2,18,22,23). The summed E-state index contributed by atoms with van der Waals surface area (Å²) in [6.07, 6.45) is -3.52. The molecule has 1 aromatic rings. The van der Waals surface area contributed by atoms with Crippen LogP contribution >= 0.6 is 0 Å². The Kier molecular flexibility index (Phi) is 5.09. The van der Waals surface area contributed by atoms with E-state index in [2.05, 4.69) is 0 Å². The molecule has 2 N–H and O–H groups in total. The molecule has 0 aliphatic carbocycles. The molecule has 1 aliphatic heterocycles. The van der Waals surface area contributed by atoms with Crippen molar-refractivity contribution in [3.63, 3.8) is 0 Å². The van der Waals surface area contributed by atoms with Crippen molar-refractivity contribution in [2.75, 3.05) is 31.6 Å². The molecule has 0 unspecified atom stereocenters. The SMILES string of the molecule is CN(CCN1CCCC1=O)c1ccc(S(N)(=O)=O)cc1C(F)(F)F. The molecular formula is C14H18F3N3O3S. The van der Waals surface area contributed by atoms with E-state index in [9.17, 15) is 26.4 Å². The van der Waals surface area contributed by atoms with Crippen LogP contribution in [0.2, 0.25) is 0 Å². The van der Waals surface area contributed by atoms with Gasteiger partial charge in [-0.15, -0.1) is 0 Å².